The summed E-state index contributed by atoms with van der Waals surface area (Å²) in [6.45, 7) is 0. The van der Waals surface area contributed by atoms with Crippen LogP contribution in [0.5, 0.6) is 5.75 Å². The lowest BCUT2D eigenvalue weighted by atomic mass is 10.1. The molecule has 0 fully saturated rings. The molecule has 2 rings (SSSR count). The van der Waals surface area contributed by atoms with E-state index in [2.05, 4.69) is 9.72 Å². The van der Waals surface area contributed by atoms with Crippen LogP contribution in [0.1, 0.15) is 10.5 Å². The van der Waals surface area contributed by atoms with Gasteiger partial charge in [-0.1, -0.05) is 17.3 Å². The second kappa shape index (κ2) is 7.23. The fraction of sp³-hybridized carbons (Fsp3) is 0.200. The molecule has 1 aromatic heterocycles. The molecule has 0 atom stereocenters. The molecular weight excluding hydrogens is 362 g/mol. The largest absolute Gasteiger partial charge is 0.695 e. The maximum absolute atomic E-state index is 14.5. The molecule has 128 valence electrons. The van der Waals surface area contributed by atoms with E-state index in [4.69, 9.17) is 22.1 Å². The van der Waals surface area contributed by atoms with Crippen LogP contribution in [0.3, 0.4) is 0 Å². The van der Waals surface area contributed by atoms with Gasteiger partial charge >= 0.3 is 5.97 Å². The molecule has 1 aromatic carbocycles. The molecule has 1 heterocycles. The first-order chi connectivity index (χ1) is 11.4. The number of hydrogen-bond donors (Lipinski definition) is 0. The molecule has 24 heavy (non-hydrogen) atoms. The SMILES string of the molecule is COC(=O)c1nc(-c2ccc(Cl)c(OC)c2F)c(F)c([NH-])c1SC. The van der Waals surface area contributed by atoms with Gasteiger partial charge in [-0.2, -0.15) is 0 Å². The number of hydrogen-bond acceptors (Lipinski definition) is 5. The van der Waals surface area contributed by atoms with E-state index < -0.39 is 29.0 Å². The van der Waals surface area contributed by atoms with Crippen molar-refractivity contribution in [3.05, 3.63) is 40.2 Å². The number of rotatable bonds is 4. The second-order valence-electron chi connectivity index (χ2n) is 4.47. The number of esters is 1. The number of benzene rings is 1. The van der Waals surface area contributed by atoms with Gasteiger partial charge in [-0.05, 0) is 18.4 Å². The van der Waals surface area contributed by atoms with Gasteiger partial charge in [0.2, 0.25) is 0 Å². The van der Waals surface area contributed by atoms with Crippen molar-refractivity contribution < 1.29 is 23.0 Å². The fourth-order valence-corrected chi connectivity index (χ4v) is 2.90. The van der Waals surface area contributed by atoms with Crippen molar-refractivity contribution in [2.24, 2.45) is 0 Å². The van der Waals surface area contributed by atoms with Gasteiger partial charge in [0, 0.05) is 10.5 Å². The summed E-state index contributed by atoms with van der Waals surface area (Å²) in [6.07, 6.45) is 1.56. The summed E-state index contributed by atoms with van der Waals surface area (Å²) in [5.41, 5.74) is 6.28. The number of aromatic nitrogens is 1. The van der Waals surface area contributed by atoms with E-state index in [1.165, 1.54) is 19.2 Å². The summed E-state index contributed by atoms with van der Waals surface area (Å²) in [6, 6.07) is 2.51. The van der Waals surface area contributed by atoms with Gasteiger partial charge in [0.05, 0.1) is 19.2 Å². The number of methoxy groups -OCH3 is 2. The number of ether oxygens (including phenoxy) is 2. The minimum Gasteiger partial charge on any atom is -0.695 e. The van der Waals surface area contributed by atoms with Gasteiger partial charge < -0.3 is 15.2 Å². The lowest BCUT2D eigenvalue weighted by Crippen LogP contribution is -2.09. The zero-order valence-electron chi connectivity index (χ0n) is 12.9. The Balaban J connectivity index is 2.81. The average molecular weight is 374 g/mol. The van der Waals surface area contributed by atoms with Crippen molar-refractivity contribution in [3.63, 3.8) is 0 Å². The Bertz CT molecular complexity index is 818. The van der Waals surface area contributed by atoms with Gasteiger partial charge in [-0.15, -0.1) is 11.8 Å². The summed E-state index contributed by atoms with van der Waals surface area (Å²) >= 11 is 6.79. The van der Waals surface area contributed by atoms with E-state index in [-0.39, 0.29) is 26.9 Å². The Morgan fingerprint density at radius 3 is 2.50 bits per heavy atom. The smallest absolute Gasteiger partial charge is 0.357 e. The van der Waals surface area contributed by atoms with Crippen LogP contribution in [0, 0.1) is 11.6 Å². The van der Waals surface area contributed by atoms with Gasteiger partial charge in [-0.3, -0.25) is 0 Å². The monoisotopic (exact) mass is 373 g/mol. The number of carbonyl (C=O) groups excluding carboxylic acids is 1. The molecule has 0 aliphatic heterocycles. The molecule has 0 saturated heterocycles. The Labute approximate surface area is 146 Å². The van der Waals surface area contributed by atoms with E-state index >= 15 is 0 Å². The van der Waals surface area contributed by atoms with Crippen molar-refractivity contribution in [2.45, 2.75) is 4.90 Å². The van der Waals surface area contributed by atoms with Crippen LogP contribution in [-0.4, -0.2) is 31.4 Å². The Hall–Kier alpha value is -2.06. The minimum atomic E-state index is -1.06. The number of thioether (sulfide) groups is 1. The summed E-state index contributed by atoms with van der Waals surface area (Å²) in [5.74, 6) is -3.13. The highest BCUT2D eigenvalue weighted by Crippen LogP contribution is 2.40. The highest BCUT2D eigenvalue weighted by Gasteiger charge is 2.24. The van der Waals surface area contributed by atoms with Crippen LogP contribution in [-0.2, 0) is 4.74 Å². The molecule has 0 aliphatic rings. The van der Waals surface area contributed by atoms with Gasteiger partial charge in [0.1, 0.15) is 11.5 Å². The molecule has 0 amide bonds. The Kier molecular flexibility index (Phi) is 5.51. The number of pyridine rings is 1. The molecular formula is C15H12ClF2N2O3S-. The van der Waals surface area contributed by atoms with E-state index in [9.17, 15) is 13.6 Å². The molecule has 0 spiro atoms. The lowest BCUT2D eigenvalue weighted by Gasteiger charge is -2.18. The first kappa shape index (κ1) is 18.3. The molecule has 0 aliphatic carbocycles. The highest BCUT2D eigenvalue weighted by atomic mass is 35.5. The predicted molar refractivity (Wildman–Crippen MR) is 88.3 cm³/mol. The topological polar surface area (TPSA) is 72.2 Å². The van der Waals surface area contributed by atoms with Crippen molar-refractivity contribution in [1.82, 2.24) is 4.98 Å². The first-order valence-electron chi connectivity index (χ1n) is 6.47. The van der Waals surface area contributed by atoms with Crippen LogP contribution in [0.4, 0.5) is 14.5 Å². The number of nitrogens with zero attached hydrogens (tertiary/aromatic N) is 1. The average Bonchev–Trinajstić information content (AvgIpc) is 2.57. The van der Waals surface area contributed by atoms with E-state index in [1.807, 2.05) is 0 Å². The second-order valence-corrected chi connectivity index (χ2v) is 5.69. The van der Waals surface area contributed by atoms with E-state index in [0.717, 1.165) is 18.9 Å². The molecule has 0 radical (unpaired) electrons. The standard InChI is InChI=1S/C15H12ClF2N2O3S/c1-22-13-7(16)5-4-6(8(13)17)11-9(18)10(19)14(24-3)12(20-11)15(21)23-2/h4-5H,1-3H3,(H-,19,20)/q-1. The lowest BCUT2D eigenvalue weighted by molar-refractivity contribution is 0.0590. The normalized spacial score (nSPS) is 10.6. The summed E-state index contributed by atoms with van der Waals surface area (Å²) < 4.78 is 38.5. The summed E-state index contributed by atoms with van der Waals surface area (Å²) in [4.78, 5) is 15.7. The molecule has 2 aromatic rings. The quantitative estimate of drug-likeness (QED) is 0.564. The predicted octanol–water partition coefficient (Wildman–Crippen LogP) is 4.88. The van der Waals surface area contributed by atoms with Gasteiger partial charge in [-0.25, -0.2) is 18.6 Å². The summed E-state index contributed by atoms with van der Waals surface area (Å²) in [7, 11) is 2.34. The fourth-order valence-electron chi connectivity index (χ4n) is 2.06. The van der Waals surface area contributed by atoms with Crippen molar-refractivity contribution in [3.8, 4) is 17.0 Å². The molecule has 9 heteroatoms. The van der Waals surface area contributed by atoms with Crippen LogP contribution in [0.2, 0.25) is 5.02 Å². The van der Waals surface area contributed by atoms with Crippen LogP contribution in [0.25, 0.3) is 17.0 Å². The third-order valence-corrected chi connectivity index (χ3v) is 4.29. The molecule has 0 unspecified atom stereocenters. The maximum Gasteiger partial charge on any atom is 0.357 e. The van der Waals surface area contributed by atoms with Crippen LogP contribution < -0.4 is 4.74 Å². The first-order valence-corrected chi connectivity index (χ1v) is 8.07. The van der Waals surface area contributed by atoms with E-state index in [0.29, 0.717) is 0 Å². The van der Waals surface area contributed by atoms with Gasteiger partial charge in [0.25, 0.3) is 0 Å². The van der Waals surface area contributed by atoms with Crippen LogP contribution in [0.15, 0.2) is 17.0 Å². The van der Waals surface area contributed by atoms with Crippen molar-refractivity contribution >= 4 is 35.0 Å². The third-order valence-electron chi connectivity index (χ3n) is 3.18. The summed E-state index contributed by atoms with van der Waals surface area (Å²) in [5, 5.41) is -0.000759. The number of nitrogens with one attached hydrogen (secondary N) is 1. The zero-order chi connectivity index (χ0) is 18.0. The number of carbonyl (C=O) groups is 1. The third kappa shape index (κ3) is 2.99. The van der Waals surface area contributed by atoms with Crippen molar-refractivity contribution in [1.29, 1.82) is 0 Å². The molecule has 5 nitrogen and oxygen atoms in total. The maximum atomic E-state index is 14.5. The van der Waals surface area contributed by atoms with Crippen LogP contribution >= 0.6 is 23.4 Å². The molecule has 0 bridgehead atoms. The van der Waals surface area contributed by atoms with Gasteiger partial charge in [0.15, 0.2) is 17.3 Å². The van der Waals surface area contributed by atoms with Crippen molar-refractivity contribution in [2.75, 3.05) is 20.5 Å². The Morgan fingerprint density at radius 1 is 1.29 bits per heavy atom. The molecule has 1 N–H and O–H groups in total. The number of halogens is 3. The highest BCUT2D eigenvalue weighted by molar-refractivity contribution is 7.98. The van der Waals surface area contributed by atoms with E-state index in [1.54, 1.807) is 6.26 Å². The Morgan fingerprint density at radius 2 is 1.96 bits per heavy atom. The zero-order valence-corrected chi connectivity index (χ0v) is 14.4. The minimum absolute atomic E-state index is 0.000759. The molecule has 0 saturated carbocycles.